The molecule has 0 aliphatic carbocycles. The highest BCUT2D eigenvalue weighted by Gasteiger charge is 2.14. The normalized spacial score (nSPS) is 10.3. The molecule has 2 heterocycles. The summed E-state index contributed by atoms with van der Waals surface area (Å²) in [5, 5.41) is 9.98. The number of aromatic amines is 1. The fourth-order valence-corrected chi connectivity index (χ4v) is 3.32. The van der Waals surface area contributed by atoms with Crippen LogP contribution >= 0.6 is 11.3 Å². The van der Waals surface area contributed by atoms with Gasteiger partial charge in [-0.2, -0.15) is 0 Å². The van der Waals surface area contributed by atoms with Crippen molar-refractivity contribution in [3.05, 3.63) is 63.5 Å². The largest absolute Gasteiger partial charge is 0.495 e. The lowest BCUT2D eigenvalue weighted by molar-refractivity contribution is -0.116. The van der Waals surface area contributed by atoms with Crippen molar-refractivity contribution in [3.8, 4) is 5.75 Å². The number of nitrogens with one attached hydrogen (secondary N) is 4. The van der Waals surface area contributed by atoms with E-state index in [0.717, 1.165) is 0 Å². The van der Waals surface area contributed by atoms with Gasteiger partial charge in [-0.15, -0.1) is 11.3 Å². The molecule has 3 aromatic rings. The van der Waals surface area contributed by atoms with Crippen LogP contribution in [0.5, 0.6) is 5.75 Å². The number of nitrogens with zero attached hydrogens (tertiary/aromatic N) is 1. The van der Waals surface area contributed by atoms with Crippen LogP contribution in [-0.2, 0) is 16.0 Å². The second-order valence-corrected chi connectivity index (χ2v) is 7.22. The summed E-state index contributed by atoms with van der Waals surface area (Å²) in [7, 11) is 1.47. The number of rotatable bonds is 7. The van der Waals surface area contributed by atoms with Crippen molar-refractivity contribution < 1.29 is 19.1 Å². The molecule has 0 unspecified atom stereocenters. The van der Waals surface area contributed by atoms with Crippen molar-refractivity contribution in [2.75, 3.05) is 23.1 Å². The lowest BCUT2D eigenvalue weighted by Gasteiger charge is -2.12. The van der Waals surface area contributed by atoms with Crippen molar-refractivity contribution in [2.24, 2.45) is 0 Å². The van der Waals surface area contributed by atoms with E-state index in [1.807, 2.05) is 0 Å². The summed E-state index contributed by atoms with van der Waals surface area (Å²) in [4.78, 5) is 53.6. The molecule has 0 aliphatic rings. The van der Waals surface area contributed by atoms with Crippen LogP contribution in [-0.4, -0.2) is 34.8 Å². The van der Waals surface area contributed by atoms with Crippen LogP contribution in [0.15, 0.2) is 46.7 Å². The average molecular weight is 441 g/mol. The maximum atomic E-state index is 12.5. The molecule has 31 heavy (non-hydrogen) atoms. The van der Waals surface area contributed by atoms with Crippen molar-refractivity contribution in [2.45, 2.75) is 13.3 Å². The Bertz CT molecular complexity index is 1170. The lowest BCUT2D eigenvalue weighted by atomic mass is 10.2. The number of ether oxygens (including phenoxy) is 1. The van der Waals surface area contributed by atoms with Crippen LogP contribution in [0.4, 0.5) is 16.5 Å². The predicted molar refractivity (Wildman–Crippen MR) is 117 cm³/mol. The summed E-state index contributed by atoms with van der Waals surface area (Å²) in [5.41, 5.74) is 1.36. The summed E-state index contributed by atoms with van der Waals surface area (Å²) in [6.45, 7) is 1.39. The Kier molecular flexibility index (Phi) is 6.78. The number of pyridine rings is 1. The number of benzene rings is 1. The first-order valence-corrected chi connectivity index (χ1v) is 9.92. The van der Waals surface area contributed by atoms with Crippen LogP contribution in [0, 0.1) is 0 Å². The number of hydrogen-bond donors (Lipinski definition) is 4. The first-order chi connectivity index (χ1) is 14.8. The van der Waals surface area contributed by atoms with Gasteiger partial charge < -0.3 is 20.4 Å². The smallest absolute Gasteiger partial charge is 0.258 e. The molecule has 0 bridgehead atoms. The third kappa shape index (κ3) is 6.00. The van der Waals surface area contributed by atoms with Gasteiger partial charge >= 0.3 is 0 Å². The van der Waals surface area contributed by atoms with Crippen molar-refractivity contribution in [1.29, 1.82) is 0 Å². The standard InChI is InChI=1S/C20H19N5O5S/c1-11(26)22-13-4-5-16(30-2)15(7-13)24-18(28)8-14-10-31-20(23-14)25-19(29)12-3-6-17(27)21-9-12/h3-7,9-10H,8H2,1-2H3,(H,21,27)(H,22,26)(H,24,28)(H,23,25,29). The van der Waals surface area contributed by atoms with E-state index < -0.39 is 5.91 Å². The zero-order valence-corrected chi connectivity index (χ0v) is 17.5. The number of H-pyrrole nitrogens is 1. The first-order valence-electron chi connectivity index (χ1n) is 9.04. The van der Waals surface area contributed by atoms with Crippen molar-refractivity contribution >= 4 is 45.6 Å². The Labute approximate surface area is 180 Å². The number of methoxy groups -OCH3 is 1. The molecule has 0 aliphatic heterocycles. The van der Waals surface area contributed by atoms with E-state index in [1.165, 1.54) is 43.7 Å². The molecule has 3 amide bonds. The SMILES string of the molecule is COc1ccc(NC(C)=O)cc1NC(=O)Cc1csc(NC(=O)c2ccc(=O)[nH]c2)n1. The van der Waals surface area contributed by atoms with E-state index >= 15 is 0 Å². The molecule has 0 atom stereocenters. The minimum absolute atomic E-state index is 0.0292. The Morgan fingerprint density at radius 3 is 2.61 bits per heavy atom. The topological polar surface area (TPSA) is 142 Å². The molecule has 1 aromatic carbocycles. The Hall–Kier alpha value is -3.99. The monoisotopic (exact) mass is 441 g/mol. The summed E-state index contributed by atoms with van der Waals surface area (Å²) < 4.78 is 5.24. The quantitative estimate of drug-likeness (QED) is 0.443. The minimum atomic E-state index is -0.430. The van der Waals surface area contributed by atoms with Crippen LogP contribution in [0.2, 0.25) is 0 Å². The third-order valence-electron chi connectivity index (χ3n) is 3.95. The van der Waals surface area contributed by atoms with Gasteiger partial charge in [0.2, 0.25) is 17.4 Å². The maximum absolute atomic E-state index is 12.5. The van der Waals surface area contributed by atoms with Gasteiger partial charge in [0, 0.05) is 30.3 Å². The van der Waals surface area contributed by atoms with E-state index in [9.17, 15) is 19.2 Å². The van der Waals surface area contributed by atoms with Crippen LogP contribution in [0.25, 0.3) is 0 Å². The molecule has 0 spiro atoms. The molecule has 10 nitrogen and oxygen atoms in total. The van der Waals surface area contributed by atoms with Gasteiger partial charge in [-0.05, 0) is 24.3 Å². The number of amides is 3. The number of anilines is 3. The number of hydrogen-bond acceptors (Lipinski definition) is 7. The zero-order valence-electron chi connectivity index (χ0n) is 16.6. The second-order valence-electron chi connectivity index (χ2n) is 6.36. The van der Waals surface area contributed by atoms with Gasteiger partial charge in [0.1, 0.15) is 5.75 Å². The summed E-state index contributed by atoms with van der Waals surface area (Å²) in [5.74, 6) is -0.570. The van der Waals surface area contributed by atoms with Gasteiger partial charge in [-0.25, -0.2) is 4.98 Å². The van der Waals surface area contributed by atoms with E-state index in [-0.39, 0.29) is 29.4 Å². The van der Waals surface area contributed by atoms with Crippen LogP contribution in [0.1, 0.15) is 23.0 Å². The molecule has 0 fully saturated rings. The molecule has 0 radical (unpaired) electrons. The van der Waals surface area contributed by atoms with Gasteiger partial charge in [0.25, 0.3) is 5.91 Å². The van der Waals surface area contributed by atoms with Crippen molar-refractivity contribution in [1.82, 2.24) is 9.97 Å². The second kappa shape index (κ2) is 9.67. The number of aromatic nitrogens is 2. The van der Waals surface area contributed by atoms with Gasteiger partial charge in [0.15, 0.2) is 5.13 Å². The summed E-state index contributed by atoms with van der Waals surface area (Å²) in [6.07, 6.45) is 1.28. The average Bonchev–Trinajstić information content (AvgIpc) is 3.14. The molecule has 2 aromatic heterocycles. The van der Waals surface area contributed by atoms with Gasteiger partial charge in [-0.1, -0.05) is 0 Å². The Balaban J connectivity index is 1.63. The van der Waals surface area contributed by atoms with E-state index in [4.69, 9.17) is 4.74 Å². The molecular weight excluding hydrogens is 422 g/mol. The Morgan fingerprint density at radius 2 is 1.94 bits per heavy atom. The first kappa shape index (κ1) is 21.7. The number of thiazole rings is 1. The maximum Gasteiger partial charge on any atom is 0.258 e. The van der Waals surface area contributed by atoms with Crippen LogP contribution in [0.3, 0.4) is 0 Å². The predicted octanol–water partition coefficient (Wildman–Crippen LogP) is 2.23. The lowest BCUT2D eigenvalue weighted by Crippen LogP contribution is -2.16. The molecule has 4 N–H and O–H groups in total. The highest BCUT2D eigenvalue weighted by molar-refractivity contribution is 7.14. The molecular formula is C20H19N5O5S. The number of carbonyl (C=O) groups excluding carboxylic acids is 3. The highest BCUT2D eigenvalue weighted by Crippen LogP contribution is 2.28. The third-order valence-corrected chi connectivity index (χ3v) is 4.76. The molecule has 11 heteroatoms. The molecule has 0 saturated heterocycles. The van der Waals surface area contributed by atoms with E-state index in [1.54, 1.807) is 23.6 Å². The molecule has 0 saturated carbocycles. The van der Waals surface area contributed by atoms with E-state index in [0.29, 0.717) is 27.9 Å². The fourth-order valence-electron chi connectivity index (χ4n) is 2.61. The molecule has 3 rings (SSSR count). The van der Waals surface area contributed by atoms with Gasteiger partial charge in [0.05, 0.1) is 30.5 Å². The fraction of sp³-hybridized carbons (Fsp3) is 0.150. The highest BCUT2D eigenvalue weighted by atomic mass is 32.1. The summed E-state index contributed by atoms with van der Waals surface area (Å²) >= 11 is 1.17. The zero-order chi connectivity index (χ0) is 22.4. The van der Waals surface area contributed by atoms with Crippen LogP contribution < -0.4 is 26.2 Å². The molecule has 160 valence electrons. The number of carbonyl (C=O) groups is 3. The minimum Gasteiger partial charge on any atom is -0.495 e. The van der Waals surface area contributed by atoms with Gasteiger partial charge in [-0.3, -0.25) is 24.5 Å². The summed E-state index contributed by atoms with van der Waals surface area (Å²) in [6, 6.07) is 7.54. The van der Waals surface area contributed by atoms with Crippen molar-refractivity contribution in [3.63, 3.8) is 0 Å². The Morgan fingerprint density at radius 1 is 1.13 bits per heavy atom. The van der Waals surface area contributed by atoms with E-state index in [2.05, 4.69) is 25.9 Å².